The number of amides is 1. The quantitative estimate of drug-likeness (QED) is 0.747. The molecule has 5 heteroatoms. The summed E-state index contributed by atoms with van der Waals surface area (Å²) in [7, 11) is 3.52. The molecular formula is C21H32N4O. The molecule has 0 saturated carbocycles. The van der Waals surface area contributed by atoms with E-state index >= 15 is 0 Å². The summed E-state index contributed by atoms with van der Waals surface area (Å²) in [6.07, 6.45) is 2.77. The highest BCUT2D eigenvalue weighted by molar-refractivity contribution is 5.93. The standard InChI is InChI=1S/C19H26N4O.C2H6/c1-14(17-8-9-18(20)22-13-17)12-21-11-10-15-4-6-16(7-5-15)19(24)23(2)3;1-2/h4-9,13-14,21H,10-12H2,1-3H3,(H2,20,22);1-2H3. The van der Waals surface area contributed by atoms with Crippen LogP contribution >= 0.6 is 0 Å². The molecule has 1 aromatic carbocycles. The van der Waals surface area contributed by atoms with Gasteiger partial charge >= 0.3 is 0 Å². The molecule has 0 aliphatic carbocycles. The van der Waals surface area contributed by atoms with E-state index in [0.717, 1.165) is 25.1 Å². The fraction of sp³-hybridized carbons (Fsp3) is 0.429. The fourth-order valence-corrected chi connectivity index (χ4v) is 2.45. The van der Waals surface area contributed by atoms with Crippen LogP contribution in [0.2, 0.25) is 0 Å². The van der Waals surface area contributed by atoms with Crippen molar-refractivity contribution >= 4 is 11.7 Å². The zero-order valence-electron chi connectivity index (χ0n) is 16.6. The molecule has 1 unspecified atom stereocenters. The Morgan fingerprint density at radius 3 is 2.35 bits per heavy atom. The van der Waals surface area contributed by atoms with Crippen LogP contribution in [0.5, 0.6) is 0 Å². The van der Waals surface area contributed by atoms with Crippen molar-refractivity contribution < 1.29 is 4.79 Å². The Labute approximate surface area is 157 Å². The fourth-order valence-electron chi connectivity index (χ4n) is 2.45. The van der Waals surface area contributed by atoms with Crippen LogP contribution in [0.1, 0.15) is 48.2 Å². The number of benzene rings is 1. The van der Waals surface area contributed by atoms with Gasteiger partial charge in [-0.3, -0.25) is 4.79 Å². The highest BCUT2D eigenvalue weighted by atomic mass is 16.2. The molecule has 3 N–H and O–H groups in total. The number of hydrogen-bond donors (Lipinski definition) is 2. The van der Waals surface area contributed by atoms with Gasteiger partial charge in [-0.05, 0) is 48.2 Å². The molecule has 0 aliphatic heterocycles. The minimum atomic E-state index is 0.0330. The lowest BCUT2D eigenvalue weighted by Crippen LogP contribution is -2.23. The summed E-state index contributed by atoms with van der Waals surface area (Å²) >= 11 is 0. The number of anilines is 1. The molecule has 0 fully saturated rings. The molecule has 5 nitrogen and oxygen atoms in total. The molecule has 0 aliphatic rings. The van der Waals surface area contributed by atoms with E-state index in [0.29, 0.717) is 11.7 Å². The van der Waals surface area contributed by atoms with E-state index in [1.54, 1.807) is 19.0 Å². The lowest BCUT2D eigenvalue weighted by atomic mass is 10.0. The second kappa shape index (κ2) is 11.3. The predicted octanol–water partition coefficient (Wildman–Crippen LogP) is 3.33. The Hall–Kier alpha value is -2.40. The zero-order chi connectivity index (χ0) is 19.5. The molecule has 2 rings (SSSR count). The SMILES string of the molecule is CC.CC(CNCCc1ccc(C(=O)N(C)C)cc1)c1ccc(N)nc1. The van der Waals surface area contributed by atoms with Gasteiger partial charge < -0.3 is 16.0 Å². The number of nitrogens with two attached hydrogens (primary N) is 1. The maximum atomic E-state index is 11.8. The Balaban J connectivity index is 0.00000163. The number of rotatable bonds is 7. The first kappa shape index (κ1) is 21.6. The van der Waals surface area contributed by atoms with E-state index in [1.165, 1.54) is 11.1 Å². The zero-order valence-corrected chi connectivity index (χ0v) is 16.6. The van der Waals surface area contributed by atoms with Gasteiger partial charge in [0, 0.05) is 32.4 Å². The first-order chi connectivity index (χ1) is 12.5. The Morgan fingerprint density at radius 2 is 1.81 bits per heavy atom. The van der Waals surface area contributed by atoms with E-state index in [1.807, 2.05) is 56.4 Å². The van der Waals surface area contributed by atoms with E-state index in [2.05, 4.69) is 17.2 Å². The molecule has 1 amide bonds. The van der Waals surface area contributed by atoms with Gasteiger partial charge in [0.25, 0.3) is 5.91 Å². The largest absolute Gasteiger partial charge is 0.384 e. The number of nitrogens with one attached hydrogen (secondary N) is 1. The number of pyridine rings is 1. The number of carbonyl (C=O) groups is 1. The molecule has 0 saturated heterocycles. The van der Waals surface area contributed by atoms with Crippen molar-refractivity contribution in [2.45, 2.75) is 33.1 Å². The first-order valence-electron chi connectivity index (χ1n) is 9.20. The Morgan fingerprint density at radius 1 is 1.15 bits per heavy atom. The van der Waals surface area contributed by atoms with Crippen molar-refractivity contribution in [3.05, 3.63) is 59.3 Å². The lowest BCUT2D eigenvalue weighted by Gasteiger charge is -2.13. The third kappa shape index (κ3) is 6.84. The molecular weight excluding hydrogens is 324 g/mol. The average molecular weight is 357 g/mol. The predicted molar refractivity (Wildman–Crippen MR) is 109 cm³/mol. The summed E-state index contributed by atoms with van der Waals surface area (Å²) in [6.45, 7) is 7.96. The summed E-state index contributed by atoms with van der Waals surface area (Å²) in [5, 5.41) is 3.47. The lowest BCUT2D eigenvalue weighted by molar-refractivity contribution is 0.0827. The average Bonchev–Trinajstić information content (AvgIpc) is 2.67. The summed E-state index contributed by atoms with van der Waals surface area (Å²) in [6, 6.07) is 11.7. The van der Waals surface area contributed by atoms with Crippen LogP contribution in [0, 0.1) is 0 Å². The van der Waals surface area contributed by atoms with E-state index in [4.69, 9.17) is 5.73 Å². The molecule has 26 heavy (non-hydrogen) atoms. The summed E-state index contributed by atoms with van der Waals surface area (Å²) < 4.78 is 0. The highest BCUT2D eigenvalue weighted by Gasteiger charge is 2.08. The molecule has 142 valence electrons. The van der Waals surface area contributed by atoms with Crippen LogP contribution in [-0.4, -0.2) is 43.0 Å². The number of nitrogen functional groups attached to an aromatic ring is 1. The van der Waals surface area contributed by atoms with Crippen LogP contribution in [0.15, 0.2) is 42.6 Å². The summed E-state index contributed by atoms with van der Waals surface area (Å²) in [5.41, 5.74) is 8.74. The molecule has 1 atom stereocenters. The van der Waals surface area contributed by atoms with Crippen LogP contribution in [0.4, 0.5) is 5.82 Å². The van der Waals surface area contributed by atoms with Gasteiger partial charge in [-0.25, -0.2) is 4.98 Å². The third-order valence-electron chi connectivity index (χ3n) is 4.03. The van der Waals surface area contributed by atoms with Gasteiger partial charge in [0.15, 0.2) is 0 Å². The van der Waals surface area contributed by atoms with Crippen molar-refractivity contribution in [3.8, 4) is 0 Å². The molecule has 0 spiro atoms. The van der Waals surface area contributed by atoms with Gasteiger partial charge in [0.1, 0.15) is 5.82 Å². The van der Waals surface area contributed by atoms with Crippen LogP contribution in [-0.2, 0) is 6.42 Å². The second-order valence-electron chi connectivity index (χ2n) is 6.27. The molecule has 2 aromatic rings. The topological polar surface area (TPSA) is 71.2 Å². The van der Waals surface area contributed by atoms with Gasteiger partial charge in [0.05, 0.1) is 0 Å². The van der Waals surface area contributed by atoms with Gasteiger partial charge in [-0.2, -0.15) is 0 Å². The molecule has 1 aromatic heterocycles. The number of nitrogens with zero attached hydrogens (tertiary/aromatic N) is 2. The number of carbonyl (C=O) groups excluding carboxylic acids is 1. The van der Waals surface area contributed by atoms with E-state index in [9.17, 15) is 4.79 Å². The first-order valence-corrected chi connectivity index (χ1v) is 9.20. The summed E-state index contributed by atoms with van der Waals surface area (Å²) in [4.78, 5) is 17.6. The monoisotopic (exact) mass is 356 g/mol. The molecule has 0 radical (unpaired) electrons. The highest BCUT2D eigenvalue weighted by Crippen LogP contribution is 2.14. The third-order valence-corrected chi connectivity index (χ3v) is 4.03. The summed E-state index contributed by atoms with van der Waals surface area (Å²) in [5.74, 6) is 0.971. The van der Waals surface area contributed by atoms with Crippen LogP contribution < -0.4 is 11.1 Å². The normalized spacial score (nSPS) is 11.3. The molecule has 1 heterocycles. The van der Waals surface area contributed by atoms with Crippen molar-refractivity contribution in [3.63, 3.8) is 0 Å². The van der Waals surface area contributed by atoms with E-state index in [-0.39, 0.29) is 5.91 Å². The second-order valence-corrected chi connectivity index (χ2v) is 6.27. The van der Waals surface area contributed by atoms with Gasteiger partial charge in [-0.15, -0.1) is 0 Å². The van der Waals surface area contributed by atoms with Gasteiger partial charge in [0.2, 0.25) is 0 Å². The smallest absolute Gasteiger partial charge is 0.253 e. The van der Waals surface area contributed by atoms with E-state index < -0.39 is 0 Å². The van der Waals surface area contributed by atoms with Crippen molar-refractivity contribution in [1.29, 1.82) is 0 Å². The minimum absolute atomic E-state index is 0.0330. The minimum Gasteiger partial charge on any atom is -0.384 e. The number of hydrogen-bond acceptors (Lipinski definition) is 4. The van der Waals surface area contributed by atoms with Crippen molar-refractivity contribution in [2.75, 3.05) is 32.9 Å². The van der Waals surface area contributed by atoms with Crippen LogP contribution in [0.25, 0.3) is 0 Å². The maximum Gasteiger partial charge on any atom is 0.253 e. The van der Waals surface area contributed by atoms with Crippen molar-refractivity contribution in [2.24, 2.45) is 0 Å². The van der Waals surface area contributed by atoms with Crippen LogP contribution in [0.3, 0.4) is 0 Å². The molecule has 0 bridgehead atoms. The number of aromatic nitrogens is 1. The van der Waals surface area contributed by atoms with Crippen molar-refractivity contribution in [1.82, 2.24) is 15.2 Å². The van der Waals surface area contributed by atoms with Gasteiger partial charge in [-0.1, -0.05) is 39.0 Å². The maximum absolute atomic E-state index is 11.8. The Bertz CT molecular complexity index is 651. The Kier molecular flexibility index (Phi) is 9.37.